The second-order valence-electron chi connectivity index (χ2n) is 4.68. The lowest BCUT2D eigenvalue weighted by Crippen LogP contribution is -2.29. The average Bonchev–Trinajstić information content (AvgIpc) is 2.48. The van der Waals surface area contributed by atoms with Crippen LogP contribution < -0.4 is 0 Å². The molecule has 0 aromatic heterocycles. The number of hydrogen-bond acceptors (Lipinski definition) is 4. The Labute approximate surface area is 128 Å². The van der Waals surface area contributed by atoms with E-state index in [4.69, 9.17) is 18.9 Å². The Bertz CT molecular complexity index is 376. The van der Waals surface area contributed by atoms with Crippen LogP contribution in [-0.4, -0.2) is 26.4 Å². The van der Waals surface area contributed by atoms with Crippen molar-refractivity contribution in [2.75, 3.05) is 26.4 Å². The van der Waals surface area contributed by atoms with Crippen molar-refractivity contribution in [3.05, 3.63) is 35.4 Å². The molecular formula is C17H28O4. The molecule has 0 fully saturated rings. The van der Waals surface area contributed by atoms with Crippen LogP contribution in [-0.2, 0) is 24.7 Å². The Morgan fingerprint density at radius 2 is 1.29 bits per heavy atom. The highest BCUT2D eigenvalue weighted by molar-refractivity contribution is 5.26. The molecule has 1 aromatic carbocycles. The maximum atomic E-state index is 5.77. The summed E-state index contributed by atoms with van der Waals surface area (Å²) < 4.78 is 22.7. The highest BCUT2D eigenvalue weighted by Crippen LogP contribution is 2.29. The minimum absolute atomic E-state index is 0.320. The molecule has 4 nitrogen and oxygen atoms in total. The van der Waals surface area contributed by atoms with E-state index in [0.717, 1.165) is 11.1 Å². The summed E-state index contributed by atoms with van der Waals surface area (Å²) in [5.74, 6) is -0.714. The highest BCUT2D eigenvalue weighted by atomic mass is 16.7. The first kappa shape index (κ1) is 18.1. The fourth-order valence-corrected chi connectivity index (χ4v) is 2.25. The Hall–Kier alpha value is -0.940. The zero-order valence-corrected chi connectivity index (χ0v) is 13.8. The molecule has 4 heteroatoms. The maximum Gasteiger partial charge on any atom is 0.191 e. The lowest BCUT2D eigenvalue weighted by Gasteiger charge is -2.30. The van der Waals surface area contributed by atoms with Crippen LogP contribution in [0.5, 0.6) is 0 Å². The second-order valence-corrected chi connectivity index (χ2v) is 4.68. The molecule has 1 rings (SSSR count). The van der Waals surface area contributed by atoms with Gasteiger partial charge in [-0.25, -0.2) is 0 Å². The van der Waals surface area contributed by atoms with Crippen LogP contribution in [0.15, 0.2) is 24.3 Å². The fourth-order valence-electron chi connectivity index (χ4n) is 2.25. The van der Waals surface area contributed by atoms with Crippen molar-refractivity contribution in [2.45, 2.75) is 46.7 Å². The van der Waals surface area contributed by atoms with Gasteiger partial charge in [0.1, 0.15) is 0 Å². The van der Waals surface area contributed by atoms with Crippen LogP contribution in [0.3, 0.4) is 0 Å². The van der Waals surface area contributed by atoms with Crippen LogP contribution in [0.1, 0.15) is 52.0 Å². The molecule has 0 unspecified atom stereocenters. The summed E-state index contributed by atoms with van der Waals surface area (Å²) >= 11 is 0. The largest absolute Gasteiger partial charge is 0.349 e. The molecule has 0 aliphatic heterocycles. The van der Waals surface area contributed by atoms with E-state index >= 15 is 0 Å². The number of rotatable bonds is 10. The van der Waals surface area contributed by atoms with Gasteiger partial charge in [0.15, 0.2) is 12.1 Å². The SMILES string of the molecule is CCOC(OCC)c1ccc(C(C)(OCC)OCC)cc1. The van der Waals surface area contributed by atoms with E-state index in [1.807, 2.05) is 58.9 Å². The van der Waals surface area contributed by atoms with Gasteiger partial charge in [0.05, 0.1) is 0 Å². The maximum absolute atomic E-state index is 5.77. The van der Waals surface area contributed by atoms with Crippen molar-refractivity contribution in [3.8, 4) is 0 Å². The first-order valence-corrected chi connectivity index (χ1v) is 7.72. The summed E-state index contributed by atoms with van der Waals surface area (Å²) in [4.78, 5) is 0. The van der Waals surface area contributed by atoms with Crippen molar-refractivity contribution < 1.29 is 18.9 Å². The summed E-state index contributed by atoms with van der Waals surface area (Å²) in [6, 6.07) is 8.01. The minimum atomic E-state index is -0.714. The Morgan fingerprint density at radius 1 is 0.810 bits per heavy atom. The lowest BCUT2D eigenvalue weighted by molar-refractivity contribution is -0.229. The van der Waals surface area contributed by atoms with Crippen LogP contribution in [0.25, 0.3) is 0 Å². The van der Waals surface area contributed by atoms with Gasteiger partial charge in [0, 0.05) is 37.6 Å². The highest BCUT2D eigenvalue weighted by Gasteiger charge is 2.27. The van der Waals surface area contributed by atoms with Gasteiger partial charge in [-0.1, -0.05) is 24.3 Å². The Morgan fingerprint density at radius 3 is 1.67 bits per heavy atom. The molecule has 0 saturated heterocycles. The summed E-state index contributed by atoms with van der Waals surface area (Å²) in [5.41, 5.74) is 1.99. The monoisotopic (exact) mass is 296 g/mol. The van der Waals surface area contributed by atoms with Crippen LogP contribution in [0.4, 0.5) is 0 Å². The van der Waals surface area contributed by atoms with Crippen molar-refractivity contribution >= 4 is 0 Å². The smallest absolute Gasteiger partial charge is 0.191 e. The summed E-state index contributed by atoms with van der Waals surface area (Å²) in [6.07, 6.45) is -0.320. The minimum Gasteiger partial charge on any atom is -0.349 e. The molecular weight excluding hydrogens is 268 g/mol. The molecule has 0 radical (unpaired) electrons. The van der Waals surface area contributed by atoms with E-state index in [9.17, 15) is 0 Å². The predicted molar refractivity (Wildman–Crippen MR) is 83.0 cm³/mol. The zero-order valence-electron chi connectivity index (χ0n) is 13.8. The molecule has 120 valence electrons. The van der Waals surface area contributed by atoms with E-state index in [2.05, 4.69) is 0 Å². The molecule has 0 amide bonds. The Kier molecular flexibility index (Phi) is 7.89. The number of hydrogen-bond donors (Lipinski definition) is 0. The number of benzene rings is 1. The van der Waals surface area contributed by atoms with Gasteiger partial charge in [-0.3, -0.25) is 0 Å². The van der Waals surface area contributed by atoms with Gasteiger partial charge in [-0.05, 0) is 34.6 Å². The first-order valence-electron chi connectivity index (χ1n) is 7.72. The third-order valence-electron chi connectivity index (χ3n) is 3.18. The summed E-state index contributed by atoms with van der Waals surface area (Å²) in [6.45, 7) is 12.2. The average molecular weight is 296 g/mol. The lowest BCUT2D eigenvalue weighted by atomic mass is 10.0. The van der Waals surface area contributed by atoms with Crippen molar-refractivity contribution in [1.29, 1.82) is 0 Å². The molecule has 0 atom stereocenters. The summed E-state index contributed by atoms with van der Waals surface area (Å²) in [7, 11) is 0. The van der Waals surface area contributed by atoms with E-state index < -0.39 is 5.79 Å². The van der Waals surface area contributed by atoms with Gasteiger partial charge in [-0.2, -0.15) is 0 Å². The number of ether oxygens (including phenoxy) is 4. The molecule has 1 aromatic rings. The van der Waals surface area contributed by atoms with E-state index in [-0.39, 0.29) is 6.29 Å². The molecule has 0 aliphatic rings. The van der Waals surface area contributed by atoms with Gasteiger partial charge in [0.25, 0.3) is 0 Å². The van der Waals surface area contributed by atoms with E-state index in [0.29, 0.717) is 26.4 Å². The van der Waals surface area contributed by atoms with Crippen molar-refractivity contribution in [3.63, 3.8) is 0 Å². The van der Waals surface area contributed by atoms with Crippen LogP contribution in [0, 0.1) is 0 Å². The molecule has 0 aliphatic carbocycles. The first-order chi connectivity index (χ1) is 10.1. The molecule has 0 saturated carbocycles. The summed E-state index contributed by atoms with van der Waals surface area (Å²) in [5, 5.41) is 0. The van der Waals surface area contributed by atoms with E-state index in [1.54, 1.807) is 0 Å². The van der Waals surface area contributed by atoms with Gasteiger partial charge in [-0.15, -0.1) is 0 Å². The molecule has 0 spiro atoms. The second kappa shape index (κ2) is 9.15. The van der Waals surface area contributed by atoms with Gasteiger partial charge >= 0.3 is 0 Å². The Balaban J connectivity index is 2.93. The third-order valence-corrected chi connectivity index (χ3v) is 3.18. The van der Waals surface area contributed by atoms with Gasteiger partial charge < -0.3 is 18.9 Å². The van der Waals surface area contributed by atoms with Crippen molar-refractivity contribution in [2.24, 2.45) is 0 Å². The standard InChI is InChI=1S/C17H28O4/c1-6-18-16(19-7-2)14-10-12-15(13-11-14)17(5,20-8-3)21-9-4/h10-13,16H,6-9H2,1-5H3. The normalized spacial score (nSPS) is 12.1. The zero-order chi connectivity index (χ0) is 15.7. The molecule has 0 bridgehead atoms. The van der Waals surface area contributed by atoms with E-state index in [1.165, 1.54) is 0 Å². The molecule has 0 N–H and O–H groups in total. The van der Waals surface area contributed by atoms with Crippen LogP contribution >= 0.6 is 0 Å². The predicted octanol–water partition coefficient (Wildman–Crippen LogP) is 4.00. The van der Waals surface area contributed by atoms with Crippen LogP contribution in [0.2, 0.25) is 0 Å². The molecule has 21 heavy (non-hydrogen) atoms. The fraction of sp³-hybridized carbons (Fsp3) is 0.647. The van der Waals surface area contributed by atoms with Crippen molar-refractivity contribution in [1.82, 2.24) is 0 Å². The third kappa shape index (κ3) is 5.08. The quantitative estimate of drug-likeness (QED) is 0.611. The topological polar surface area (TPSA) is 36.9 Å². The van der Waals surface area contributed by atoms with Gasteiger partial charge in [0.2, 0.25) is 0 Å². The molecule has 0 heterocycles.